The van der Waals surface area contributed by atoms with Crippen LogP contribution < -0.4 is 13.6 Å². The molecule has 3 aromatic rings. The number of aryl methyl sites for hydroxylation is 2. The molecule has 0 spiro atoms. The molecule has 0 bridgehead atoms. The maximum atomic E-state index is 14.0. The van der Waals surface area contributed by atoms with Crippen LogP contribution in [-0.4, -0.2) is 11.1 Å². The lowest BCUT2D eigenvalue weighted by Gasteiger charge is -2.20. The normalized spacial score (nSPS) is 11.3. The highest BCUT2D eigenvalue weighted by Crippen LogP contribution is 2.49. The third kappa shape index (κ3) is 13.6. The Labute approximate surface area is 264 Å². The molecule has 0 radical (unpaired) electrons. The molecule has 3 rings (SSSR count). The number of phosphoric acid groups is 1. The third-order valence-corrected chi connectivity index (χ3v) is 9.04. The van der Waals surface area contributed by atoms with Gasteiger partial charge in [-0.2, -0.15) is 4.57 Å². The lowest BCUT2D eigenvalue weighted by atomic mass is 10.0. The molecule has 0 amide bonds. The summed E-state index contributed by atoms with van der Waals surface area (Å²) in [4.78, 5) is 11.3. The van der Waals surface area contributed by atoms with Gasteiger partial charge in [0, 0.05) is 0 Å². The first-order valence-corrected chi connectivity index (χ1v) is 18.1. The maximum Gasteiger partial charge on any atom is 0.647 e. The fraction of sp³-hybridized carbons (Fsp3) is 0.486. The fourth-order valence-corrected chi connectivity index (χ4v) is 6.36. The van der Waals surface area contributed by atoms with E-state index in [1.54, 1.807) is 24.3 Å². The second-order valence-electron chi connectivity index (χ2n) is 11.6. The molecule has 0 saturated carbocycles. The standard InChI is InChI=1S/C37H51O6P/c1-3-5-7-9-11-13-15-17-31-19-25-34(26-20-31)41-44(40,43-36-29-23-33(24-30-36)37(38)39)42-35-27-21-32(22-28-35)18-16-14-12-10-8-6-4-2/h19-30H,3-18H2,1-2H3,(H,38,39). The van der Waals surface area contributed by atoms with Crippen LogP contribution in [0.5, 0.6) is 17.2 Å². The van der Waals surface area contributed by atoms with Crippen LogP contribution in [0.3, 0.4) is 0 Å². The van der Waals surface area contributed by atoms with E-state index in [-0.39, 0.29) is 11.3 Å². The molecule has 44 heavy (non-hydrogen) atoms. The van der Waals surface area contributed by atoms with Gasteiger partial charge in [-0.05, 0) is 85.3 Å². The molecule has 0 fully saturated rings. The first kappa shape index (κ1) is 35.2. The summed E-state index contributed by atoms with van der Waals surface area (Å²) in [5, 5.41) is 9.22. The van der Waals surface area contributed by atoms with Crippen molar-refractivity contribution in [1.82, 2.24) is 0 Å². The van der Waals surface area contributed by atoms with Gasteiger partial charge in [-0.25, -0.2) is 4.79 Å². The van der Waals surface area contributed by atoms with Crippen LogP contribution in [0.2, 0.25) is 0 Å². The zero-order valence-electron chi connectivity index (χ0n) is 26.7. The van der Waals surface area contributed by atoms with Crippen LogP contribution in [0, 0.1) is 0 Å². The van der Waals surface area contributed by atoms with Crippen molar-refractivity contribution in [2.45, 2.75) is 117 Å². The summed E-state index contributed by atoms with van der Waals surface area (Å²) in [5.74, 6) is -0.131. The molecule has 1 N–H and O–H groups in total. The smallest absolute Gasteiger partial charge is 0.478 e. The van der Waals surface area contributed by atoms with E-state index < -0.39 is 13.8 Å². The first-order valence-electron chi connectivity index (χ1n) is 16.6. The van der Waals surface area contributed by atoms with Crippen molar-refractivity contribution in [2.24, 2.45) is 0 Å². The topological polar surface area (TPSA) is 82.1 Å². The number of hydrogen-bond donors (Lipinski definition) is 1. The quantitative estimate of drug-likeness (QED) is 0.0837. The lowest BCUT2D eigenvalue weighted by Crippen LogP contribution is -2.08. The van der Waals surface area contributed by atoms with Crippen molar-refractivity contribution in [3.63, 3.8) is 0 Å². The Bertz CT molecular complexity index is 1190. The Morgan fingerprint density at radius 2 is 0.841 bits per heavy atom. The van der Waals surface area contributed by atoms with Gasteiger partial charge in [-0.1, -0.05) is 115 Å². The van der Waals surface area contributed by atoms with E-state index in [9.17, 15) is 14.5 Å². The summed E-state index contributed by atoms with van der Waals surface area (Å²) in [6.45, 7) is 4.47. The van der Waals surface area contributed by atoms with E-state index in [0.717, 1.165) is 25.7 Å². The van der Waals surface area contributed by atoms with Gasteiger partial charge in [0.25, 0.3) is 0 Å². The molecule has 0 atom stereocenters. The van der Waals surface area contributed by atoms with Crippen LogP contribution in [0.15, 0.2) is 72.8 Å². The number of phosphoric ester groups is 1. The second kappa shape index (κ2) is 19.9. The summed E-state index contributed by atoms with van der Waals surface area (Å²) in [6, 6.07) is 20.7. The zero-order valence-corrected chi connectivity index (χ0v) is 27.6. The summed E-state index contributed by atoms with van der Waals surface area (Å²) in [6.07, 6.45) is 19.6. The number of unbranched alkanes of at least 4 members (excludes halogenated alkanes) is 12. The number of rotatable bonds is 23. The van der Waals surface area contributed by atoms with Crippen molar-refractivity contribution in [1.29, 1.82) is 0 Å². The predicted molar refractivity (Wildman–Crippen MR) is 179 cm³/mol. The Morgan fingerprint density at radius 3 is 1.18 bits per heavy atom. The molecule has 0 saturated heterocycles. The summed E-state index contributed by atoms with van der Waals surface area (Å²) >= 11 is 0. The van der Waals surface area contributed by atoms with Gasteiger partial charge in [0.05, 0.1) is 5.56 Å². The van der Waals surface area contributed by atoms with Gasteiger partial charge in [-0.15, -0.1) is 0 Å². The van der Waals surface area contributed by atoms with Crippen LogP contribution in [0.4, 0.5) is 0 Å². The molecule has 3 aromatic carbocycles. The number of hydrogen-bond acceptors (Lipinski definition) is 5. The SMILES string of the molecule is CCCCCCCCCc1ccc(OP(=O)(Oc2ccc(CCCCCCCCC)cc2)Oc2ccc(C(=O)O)cc2)cc1. The fourth-order valence-electron chi connectivity index (χ4n) is 5.11. The highest BCUT2D eigenvalue weighted by Gasteiger charge is 2.33. The van der Waals surface area contributed by atoms with E-state index in [2.05, 4.69) is 13.8 Å². The second-order valence-corrected chi connectivity index (χ2v) is 13.0. The average Bonchev–Trinajstić information content (AvgIpc) is 3.02. The minimum absolute atomic E-state index is 0.0992. The average molecular weight is 623 g/mol. The van der Waals surface area contributed by atoms with E-state index in [4.69, 9.17) is 13.6 Å². The van der Waals surface area contributed by atoms with Crippen LogP contribution in [0.1, 0.15) is 125 Å². The van der Waals surface area contributed by atoms with Crippen LogP contribution >= 0.6 is 7.82 Å². The van der Waals surface area contributed by atoms with Crippen molar-refractivity contribution >= 4 is 13.8 Å². The van der Waals surface area contributed by atoms with E-state index in [1.807, 2.05) is 24.3 Å². The number of carboxylic acid groups (broad SMARTS) is 1. The molecular formula is C37H51O6P. The largest absolute Gasteiger partial charge is 0.647 e. The Balaban J connectivity index is 1.61. The van der Waals surface area contributed by atoms with E-state index in [0.29, 0.717) is 11.5 Å². The molecule has 6 nitrogen and oxygen atoms in total. The van der Waals surface area contributed by atoms with Gasteiger partial charge in [-0.3, -0.25) is 0 Å². The molecule has 0 unspecified atom stereocenters. The minimum atomic E-state index is -4.18. The molecule has 0 aromatic heterocycles. The molecular weight excluding hydrogens is 571 g/mol. The maximum absolute atomic E-state index is 14.0. The number of carboxylic acids is 1. The van der Waals surface area contributed by atoms with Crippen LogP contribution in [-0.2, 0) is 17.4 Å². The van der Waals surface area contributed by atoms with Gasteiger partial charge >= 0.3 is 13.8 Å². The molecule has 240 valence electrons. The highest BCUT2D eigenvalue weighted by atomic mass is 31.2. The molecule has 0 aliphatic carbocycles. The Hall–Kier alpha value is -3.24. The Kier molecular flexibility index (Phi) is 16.0. The van der Waals surface area contributed by atoms with E-state index >= 15 is 0 Å². The number of aromatic carboxylic acids is 1. The molecule has 0 heterocycles. The van der Waals surface area contributed by atoms with E-state index in [1.165, 1.54) is 112 Å². The summed E-state index contributed by atoms with van der Waals surface area (Å²) in [5.41, 5.74) is 2.49. The third-order valence-electron chi connectivity index (χ3n) is 7.74. The number of carbonyl (C=O) groups is 1. The lowest BCUT2D eigenvalue weighted by molar-refractivity contribution is 0.0697. The van der Waals surface area contributed by atoms with Gasteiger partial charge in [0.15, 0.2) is 0 Å². The monoisotopic (exact) mass is 622 g/mol. The Morgan fingerprint density at radius 1 is 0.523 bits per heavy atom. The first-order chi connectivity index (χ1) is 21.4. The summed E-state index contributed by atoms with van der Waals surface area (Å²) in [7, 11) is -4.18. The number of benzene rings is 3. The van der Waals surface area contributed by atoms with Crippen molar-refractivity contribution in [3.05, 3.63) is 89.5 Å². The predicted octanol–water partition coefficient (Wildman–Crippen LogP) is 11.6. The highest BCUT2D eigenvalue weighted by molar-refractivity contribution is 7.49. The zero-order chi connectivity index (χ0) is 31.5. The molecule has 0 aliphatic heterocycles. The summed E-state index contributed by atoms with van der Waals surface area (Å²) < 4.78 is 31.5. The van der Waals surface area contributed by atoms with Gasteiger partial charge < -0.3 is 18.7 Å². The molecule has 7 heteroatoms. The van der Waals surface area contributed by atoms with Crippen molar-refractivity contribution < 1.29 is 28.0 Å². The van der Waals surface area contributed by atoms with Crippen molar-refractivity contribution in [2.75, 3.05) is 0 Å². The minimum Gasteiger partial charge on any atom is -0.478 e. The van der Waals surface area contributed by atoms with Crippen LogP contribution in [0.25, 0.3) is 0 Å². The van der Waals surface area contributed by atoms with Gasteiger partial charge in [0.1, 0.15) is 17.2 Å². The van der Waals surface area contributed by atoms with Crippen molar-refractivity contribution in [3.8, 4) is 17.2 Å². The van der Waals surface area contributed by atoms with Gasteiger partial charge in [0.2, 0.25) is 0 Å². The molecule has 0 aliphatic rings.